The fourth-order valence-corrected chi connectivity index (χ4v) is 3.57. The highest BCUT2D eigenvalue weighted by Crippen LogP contribution is 2.24. The maximum Gasteiger partial charge on any atom is 0.311 e. The fraction of sp³-hybridized carbons (Fsp3) is 0.261. The number of aryl methyl sites for hydroxylation is 1. The molecule has 2 aromatic carbocycles. The number of nitrogens with one attached hydrogen (secondary N) is 1. The lowest BCUT2D eigenvalue weighted by Gasteiger charge is -2.16. The third-order valence-corrected chi connectivity index (χ3v) is 5.11. The van der Waals surface area contributed by atoms with Crippen LogP contribution in [0.1, 0.15) is 28.5 Å². The van der Waals surface area contributed by atoms with Gasteiger partial charge in [0.25, 0.3) is 5.91 Å². The summed E-state index contributed by atoms with van der Waals surface area (Å²) in [5.74, 6) is -1.75. The van der Waals surface area contributed by atoms with Crippen molar-refractivity contribution in [3.8, 4) is 5.69 Å². The number of aromatic nitrogens is 2. The molecule has 1 heterocycles. The summed E-state index contributed by atoms with van der Waals surface area (Å²) < 4.78 is 19.7. The molecule has 3 aromatic rings. The van der Waals surface area contributed by atoms with E-state index in [2.05, 4.69) is 10.4 Å². The smallest absolute Gasteiger partial charge is 0.311 e. The van der Waals surface area contributed by atoms with Gasteiger partial charge in [-0.25, -0.2) is 9.07 Å². The molecular weight excluding hydrogens is 421 g/mol. The molecule has 1 atom stereocenters. The number of carbonyl (C=O) groups is 2. The highest BCUT2D eigenvalue weighted by Gasteiger charge is 2.25. The summed E-state index contributed by atoms with van der Waals surface area (Å²) in [6, 6.07) is 15.1. The first-order valence-electron chi connectivity index (χ1n) is 9.90. The van der Waals surface area contributed by atoms with E-state index in [4.69, 9.17) is 16.3 Å². The molecule has 1 unspecified atom stereocenters. The largest absolute Gasteiger partial charge is 0.466 e. The predicted octanol–water partition coefficient (Wildman–Crippen LogP) is 4.13. The average molecular weight is 444 g/mol. The molecule has 3 rings (SSSR count). The summed E-state index contributed by atoms with van der Waals surface area (Å²) in [5.41, 5.74) is 2.12. The van der Waals surface area contributed by atoms with E-state index in [-0.39, 0.29) is 35.7 Å². The topological polar surface area (TPSA) is 73.2 Å². The predicted molar refractivity (Wildman–Crippen MR) is 116 cm³/mol. The van der Waals surface area contributed by atoms with Gasteiger partial charge in [0.15, 0.2) is 0 Å². The molecule has 162 valence electrons. The second-order valence-corrected chi connectivity index (χ2v) is 7.35. The Hall–Kier alpha value is -3.19. The van der Waals surface area contributed by atoms with Crippen LogP contribution in [-0.2, 0) is 16.0 Å². The van der Waals surface area contributed by atoms with E-state index in [0.717, 1.165) is 5.56 Å². The van der Waals surface area contributed by atoms with E-state index >= 15 is 0 Å². The number of ether oxygens (including phenoxy) is 1. The van der Waals surface area contributed by atoms with Gasteiger partial charge in [0.2, 0.25) is 0 Å². The van der Waals surface area contributed by atoms with Crippen molar-refractivity contribution in [2.75, 3.05) is 13.2 Å². The Morgan fingerprint density at radius 3 is 2.48 bits per heavy atom. The quantitative estimate of drug-likeness (QED) is 0.531. The lowest BCUT2D eigenvalue weighted by Crippen LogP contribution is -2.35. The molecular formula is C23H23ClFN3O3. The van der Waals surface area contributed by atoms with Crippen LogP contribution in [-0.4, -0.2) is 34.8 Å². The van der Waals surface area contributed by atoms with Crippen molar-refractivity contribution >= 4 is 23.5 Å². The Labute approximate surface area is 185 Å². The van der Waals surface area contributed by atoms with E-state index in [1.54, 1.807) is 13.8 Å². The number of hydrogen-bond donors (Lipinski definition) is 1. The molecule has 1 N–H and O–H groups in total. The molecule has 0 aliphatic carbocycles. The van der Waals surface area contributed by atoms with Crippen LogP contribution < -0.4 is 5.32 Å². The maximum absolute atomic E-state index is 13.2. The van der Waals surface area contributed by atoms with Gasteiger partial charge in [-0.3, -0.25) is 9.59 Å². The molecule has 0 bridgehead atoms. The Morgan fingerprint density at radius 2 is 1.84 bits per heavy atom. The van der Waals surface area contributed by atoms with Gasteiger partial charge in [-0.15, -0.1) is 0 Å². The summed E-state index contributed by atoms with van der Waals surface area (Å²) in [6.07, 6.45) is 0.432. The van der Waals surface area contributed by atoms with E-state index in [1.165, 1.54) is 28.9 Å². The van der Waals surface area contributed by atoms with Crippen molar-refractivity contribution in [3.05, 3.63) is 82.4 Å². The molecule has 1 aromatic heterocycles. The zero-order chi connectivity index (χ0) is 22.4. The minimum Gasteiger partial charge on any atom is -0.466 e. The van der Waals surface area contributed by atoms with Gasteiger partial charge >= 0.3 is 5.97 Å². The first-order chi connectivity index (χ1) is 14.9. The van der Waals surface area contributed by atoms with Gasteiger partial charge < -0.3 is 10.1 Å². The first kappa shape index (κ1) is 22.5. The van der Waals surface area contributed by atoms with Crippen molar-refractivity contribution in [2.45, 2.75) is 20.3 Å². The second kappa shape index (κ2) is 10.2. The maximum atomic E-state index is 13.2. The van der Waals surface area contributed by atoms with Crippen molar-refractivity contribution in [3.63, 3.8) is 0 Å². The van der Waals surface area contributed by atoms with Gasteiger partial charge in [0.05, 0.1) is 29.5 Å². The van der Waals surface area contributed by atoms with E-state index < -0.39 is 11.8 Å². The number of carbonyl (C=O) groups excluding carboxylic acids is 2. The number of esters is 1. The number of nitrogens with zero attached hydrogens (tertiary/aromatic N) is 2. The lowest BCUT2D eigenvalue weighted by atomic mass is 9.99. The number of hydrogen-bond acceptors (Lipinski definition) is 4. The van der Waals surface area contributed by atoms with E-state index in [9.17, 15) is 14.0 Å². The van der Waals surface area contributed by atoms with Crippen molar-refractivity contribution in [1.82, 2.24) is 15.1 Å². The van der Waals surface area contributed by atoms with Gasteiger partial charge in [-0.05, 0) is 50.1 Å². The SMILES string of the molecule is CCOC(=O)C(CNC(=O)c1c(C)nn(-c2ccc(F)cc2)c1Cl)Cc1ccccc1. The number of benzene rings is 2. The molecule has 0 spiro atoms. The van der Waals surface area contributed by atoms with Gasteiger partial charge in [0.1, 0.15) is 11.0 Å². The molecule has 31 heavy (non-hydrogen) atoms. The standard InChI is InChI=1S/C23H23ClFN3O3/c1-3-31-23(30)17(13-16-7-5-4-6-8-16)14-26-22(29)20-15(2)27-28(21(20)24)19-11-9-18(25)10-12-19/h4-12,17H,3,13-14H2,1-2H3,(H,26,29). The van der Waals surface area contributed by atoms with Crippen LogP contribution in [0.25, 0.3) is 5.69 Å². The first-order valence-corrected chi connectivity index (χ1v) is 10.3. The highest BCUT2D eigenvalue weighted by atomic mass is 35.5. The summed E-state index contributed by atoms with van der Waals surface area (Å²) in [5, 5.41) is 7.19. The molecule has 6 nitrogen and oxygen atoms in total. The molecule has 0 fully saturated rings. The molecule has 0 aliphatic rings. The Bertz CT molecular complexity index is 1050. The summed E-state index contributed by atoms with van der Waals surface area (Å²) in [6.45, 7) is 3.74. The molecule has 0 saturated heterocycles. The minimum absolute atomic E-state index is 0.0874. The minimum atomic E-state index is -0.544. The lowest BCUT2D eigenvalue weighted by molar-refractivity contribution is -0.147. The Morgan fingerprint density at radius 1 is 1.16 bits per heavy atom. The fourth-order valence-electron chi connectivity index (χ4n) is 3.21. The number of halogens is 2. The average Bonchev–Trinajstić information content (AvgIpc) is 3.06. The van der Waals surface area contributed by atoms with E-state index in [0.29, 0.717) is 17.8 Å². The zero-order valence-corrected chi connectivity index (χ0v) is 18.0. The number of rotatable bonds is 8. The molecule has 0 radical (unpaired) electrons. The molecule has 0 saturated carbocycles. The Kier molecular flexibility index (Phi) is 7.41. The summed E-state index contributed by atoms with van der Waals surface area (Å²) >= 11 is 6.41. The van der Waals surface area contributed by atoms with Crippen LogP contribution in [0.5, 0.6) is 0 Å². The van der Waals surface area contributed by atoms with Crippen molar-refractivity contribution in [1.29, 1.82) is 0 Å². The zero-order valence-electron chi connectivity index (χ0n) is 17.3. The summed E-state index contributed by atoms with van der Waals surface area (Å²) in [4.78, 5) is 25.3. The van der Waals surface area contributed by atoms with Crippen LogP contribution >= 0.6 is 11.6 Å². The van der Waals surface area contributed by atoms with Crippen LogP contribution in [0.15, 0.2) is 54.6 Å². The molecule has 0 aliphatic heterocycles. The Balaban J connectivity index is 1.76. The summed E-state index contributed by atoms with van der Waals surface area (Å²) in [7, 11) is 0. The van der Waals surface area contributed by atoms with E-state index in [1.807, 2.05) is 30.3 Å². The van der Waals surface area contributed by atoms with Crippen molar-refractivity contribution in [2.24, 2.45) is 5.92 Å². The molecule has 1 amide bonds. The normalized spacial score (nSPS) is 11.7. The van der Waals surface area contributed by atoms with Crippen LogP contribution in [0.2, 0.25) is 5.15 Å². The van der Waals surface area contributed by atoms with Gasteiger partial charge in [-0.2, -0.15) is 5.10 Å². The second-order valence-electron chi connectivity index (χ2n) is 6.99. The molecule has 8 heteroatoms. The van der Waals surface area contributed by atoms with Crippen LogP contribution in [0.4, 0.5) is 4.39 Å². The van der Waals surface area contributed by atoms with Crippen LogP contribution in [0, 0.1) is 18.7 Å². The monoisotopic (exact) mass is 443 g/mol. The van der Waals surface area contributed by atoms with Gasteiger partial charge in [0, 0.05) is 6.54 Å². The highest BCUT2D eigenvalue weighted by molar-refractivity contribution is 6.33. The number of amides is 1. The third-order valence-electron chi connectivity index (χ3n) is 4.76. The van der Waals surface area contributed by atoms with Gasteiger partial charge in [-0.1, -0.05) is 41.9 Å². The van der Waals surface area contributed by atoms with Crippen molar-refractivity contribution < 1.29 is 18.7 Å². The van der Waals surface area contributed by atoms with Crippen LogP contribution in [0.3, 0.4) is 0 Å². The third kappa shape index (κ3) is 5.49.